The molecule has 0 aromatic heterocycles. The van der Waals surface area contributed by atoms with Gasteiger partial charge in [-0.3, -0.25) is 4.31 Å². The lowest BCUT2D eigenvalue weighted by Gasteiger charge is -2.20. The molecule has 0 atom stereocenters. The predicted octanol–water partition coefficient (Wildman–Crippen LogP) is 3.83. The summed E-state index contributed by atoms with van der Waals surface area (Å²) >= 11 is 5.87. The van der Waals surface area contributed by atoms with E-state index in [0.29, 0.717) is 6.42 Å². The Morgan fingerprint density at radius 2 is 1.90 bits per heavy atom. The van der Waals surface area contributed by atoms with Crippen molar-refractivity contribution in [2.24, 2.45) is 0 Å². The third kappa shape index (κ3) is 4.25. The molecular formula is C15H18ClNO2S. The second kappa shape index (κ2) is 7.31. The highest BCUT2D eigenvalue weighted by Gasteiger charge is 2.21. The van der Waals surface area contributed by atoms with Crippen LogP contribution in [0.2, 0.25) is 0 Å². The van der Waals surface area contributed by atoms with Crippen molar-refractivity contribution < 1.29 is 8.42 Å². The summed E-state index contributed by atoms with van der Waals surface area (Å²) in [5.41, 5.74) is 1.00. The van der Waals surface area contributed by atoms with E-state index in [1.54, 1.807) is 30.3 Å². The Morgan fingerprint density at radius 1 is 1.30 bits per heavy atom. The number of rotatable bonds is 7. The van der Waals surface area contributed by atoms with Gasteiger partial charge in [0.15, 0.2) is 0 Å². The van der Waals surface area contributed by atoms with Gasteiger partial charge in [0.25, 0.3) is 10.0 Å². The average molecular weight is 312 g/mol. The first-order valence-corrected chi connectivity index (χ1v) is 7.92. The van der Waals surface area contributed by atoms with E-state index in [1.807, 2.05) is 6.92 Å². The fourth-order valence-corrected chi connectivity index (χ4v) is 3.03. The minimum Gasteiger partial charge on any atom is -0.272 e. The van der Waals surface area contributed by atoms with Crippen LogP contribution in [-0.4, -0.2) is 19.3 Å². The Labute approximate surface area is 125 Å². The number of aryl methyl sites for hydroxylation is 1. The molecule has 0 aliphatic heterocycles. The number of halogens is 1. The van der Waals surface area contributed by atoms with Gasteiger partial charge in [-0.25, -0.2) is 8.42 Å². The van der Waals surface area contributed by atoms with E-state index in [0.717, 1.165) is 5.56 Å². The highest BCUT2D eigenvalue weighted by Crippen LogP contribution is 2.19. The van der Waals surface area contributed by atoms with E-state index in [1.165, 1.54) is 16.6 Å². The number of hydrogen-bond acceptors (Lipinski definition) is 2. The third-order valence-electron chi connectivity index (χ3n) is 2.64. The Hall–Kier alpha value is -1.52. The summed E-state index contributed by atoms with van der Waals surface area (Å²) in [6.07, 6.45) is 4.95. The van der Waals surface area contributed by atoms with Crippen molar-refractivity contribution >= 4 is 21.6 Å². The maximum atomic E-state index is 12.6. The zero-order valence-electron chi connectivity index (χ0n) is 11.4. The Kier molecular flexibility index (Phi) is 6.05. The van der Waals surface area contributed by atoms with E-state index in [2.05, 4.69) is 13.2 Å². The first-order chi connectivity index (χ1) is 9.41. The molecule has 1 aromatic carbocycles. The van der Waals surface area contributed by atoms with Crippen molar-refractivity contribution in [3.63, 3.8) is 0 Å². The molecule has 0 N–H and O–H groups in total. The molecule has 1 aromatic rings. The summed E-state index contributed by atoms with van der Waals surface area (Å²) in [6.45, 7) is 9.31. The third-order valence-corrected chi connectivity index (χ3v) is 4.67. The minimum absolute atomic E-state index is 0.233. The SMILES string of the molecule is C=CCCN(/C=C(\Cl)C=C)S(=O)(=O)c1ccc(C)cc1. The van der Waals surface area contributed by atoms with Gasteiger partial charge in [-0.05, 0) is 31.6 Å². The molecule has 3 nitrogen and oxygen atoms in total. The second-order valence-corrected chi connectivity index (χ2v) is 6.55. The molecule has 0 bridgehead atoms. The molecule has 0 amide bonds. The van der Waals surface area contributed by atoms with Crippen molar-refractivity contribution in [2.45, 2.75) is 18.2 Å². The normalized spacial score (nSPS) is 12.0. The molecule has 0 heterocycles. The summed E-state index contributed by atoms with van der Waals surface area (Å²) < 4.78 is 26.3. The molecule has 0 spiro atoms. The van der Waals surface area contributed by atoms with Crippen molar-refractivity contribution in [3.05, 3.63) is 66.4 Å². The molecule has 20 heavy (non-hydrogen) atoms. The van der Waals surface area contributed by atoms with Crippen LogP contribution in [0.5, 0.6) is 0 Å². The summed E-state index contributed by atoms with van der Waals surface area (Å²) in [5.74, 6) is 0. The fourth-order valence-electron chi connectivity index (χ4n) is 1.51. The average Bonchev–Trinajstić information content (AvgIpc) is 2.43. The van der Waals surface area contributed by atoms with Crippen LogP contribution in [-0.2, 0) is 10.0 Å². The monoisotopic (exact) mass is 311 g/mol. The quantitative estimate of drug-likeness (QED) is 0.567. The van der Waals surface area contributed by atoms with E-state index < -0.39 is 10.0 Å². The molecule has 108 valence electrons. The van der Waals surface area contributed by atoms with E-state index >= 15 is 0 Å². The molecular weight excluding hydrogens is 294 g/mol. The number of nitrogens with zero attached hydrogens (tertiary/aromatic N) is 1. The maximum absolute atomic E-state index is 12.6. The van der Waals surface area contributed by atoms with Gasteiger partial charge in [-0.15, -0.1) is 6.58 Å². The lowest BCUT2D eigenvalue weighted by atomic mass is 10.2. The van der Waals surface area contributed by atoms with Crippen LogP contribution in [0.25, 0.3) is 0 Å². The number of allylic oxidation sites excluding steroid dienone is 2. The molecule has 0 aliphatic carbocycles. The van der Waals surface area contributed by atoms with E-state index in [-0.39, 0.29) is 16.5 Å². The van der Waals surface area contributed by atoms with Crippen LogP contribution < -0.4 is 0 Å². The lowest BCUT2D eigenvalue weighted by molar-refractivity contribution is 0.501. The van der Waals surface area contributed by atoms with Gasteiger partial charge in [0.1, 0.15) is 0 Å². The lowest BCUT2D eigenvalue weighted by Crippen LogP contribution is -2.27. The topological polar surface area (TPSA) is 37.4 Å². The van der Waals surface area contributed by atoms with Crippen LogP contribution in [0.1, 0.15) is 12.0 Å². The van der Waals surface area contributed by atoms with Crippen LogP contribution >= 0.6 is 11.6 Å². The minimum atomic E-state index is -3.62. The van der Waals surface area contributed by atoms with Crippen molar-refractivity contribution in [2.75, 3.05) is 6.54 Å². The molecule has 0 radical (unpaired) electrons. The molecule has 5 heteroatoms. The van der Waals surface area contributed by atoms with Gasteiger partial charge in [-0.2, -0.15) is 0 Å². The van der Waals surface area contributed by atoms with Gasteiger partial charge in [0.05, 0.1) is 9.93 Å². The van der Waals surface area contributed by atoms with Gasteiger partial charge in [0, 0.05) is 12.7 Å². The first kappa shape index (κ1) is 16.5. The highest BCUT2D eigenvalue weighted by molar-refractivity contribution is 7.89. The van der Waals surface area contributed by atoms with Crippen LogP contribution in [0.3, 0.4) is 0 Å². The maximum Gasteiger partial charge on any atom is 0.263 e. The molecule has 0 saturated heterocycles. The van der Waals surface area contributed by atoms with Gasteiger partial charge in [-0.1, -0.05) is 42.0 Å². The highest BCUT2D eigenvalue weighted by atomic mass is 35.5. The van der Waals surface area contributed by atoms with Crippen LogP contribution in [0.4, 0.5) is 0 Å². The summed E-state index contributed by atoms with van der Waals surface area (Å²) in [5, 5.41) is 0.268. The smallest absolute Gasteiger partial charge is 0.263 e. The van der Waals surface area contributed by atoms with Crippen LogP contribution in [0, 0.1) is 6.92 Å². The largest absolute Gasteiger partial charge is 0.272 e. The van der Waals surface area contributed by atoms with Crippen molar-refractivity contribution in [3.8, 4) is 0 Å². The molecule has 0 saturated carbocycles. The summed E-state index contributed by atoms with van der Waals surface area (Å²) in [6, 6.07) is 6.69. The first-order valence-electron chi connectivity index (χ1n) is 6.11. The number of benzene rings is 1. The number of sulfonamides is 1. The van der Waals surface area contributed by atoms with E-state index in [4.69, 9.17) is 11.6 Å². The zero-order valence-corrected chi connectivity index (χ0v) is 13.0. The van der Waals surface area contributed by atoms with Crippen molar-refractivity contribution in [1.29, 1.82) is 0 Å². The molecule has 0 aliphatic rings. The van der Waals surface area contributed by atoms with Gasteiger partial charge >= 0.3 is 0 Å². The molecule has 0 unspecified atom stereocenters. The molecule has 1 rings (SSSR count). The summed E-state index contributed by atoms with van der Waals surface area (Å²) in [4.78, 5) is 0.233. The van der Waals surface area contributed by atoms with Gasteiger partial charge in [0.2, 0.25) is 0 Å². The predicted molar refractivity (Wildman–Crippen MR) is 84.0 cm³/mol. The van der Waals surface area contributed by atoms with Gasteiger partial charge < -0.3 is 0 Å². The summed E-state index contributed by atoms with van der Waals surface area (Å²) in [7, 11) is -3.62. The Balaban J connectivity index is 3.19. The van der Waals surface area contributed by atoms with E-state index in [9.17, 15) is 8.42 Å². The fraction of sp³-hybridized carbons (Fsp3) is 0.200. The zero-order chi connectivity index (χ0) is 15.2. The number of hydrogen-bond donors (Lipinski definition) is 0. The Morgan fingerprint density at radius 3 is 2.40 bits per heavy atom. The molecule has 0 fully saturated rings. The standard InChI is InChI=1S/C15H18ClNO2S/c1-4-6-11-17(12-14(16)5-2)20(18,19)15-9-7-13(3)8-10-15/h4-5,7-10,12H,1-2,6,11H2,3H3/b14-12-. The Bertz CT molecular complexity index is 603. The van der Waals surface area contributed by atoms with Crippen LogP contribution in [0.15, 0.2) is 65.7 Å². The second-order valence-electron chi connectivity index (χ2n) is 4.22. The van der Waals surface area contributed by atoms with Crippen molar-refractivity contribution in [1.82, 2.24) is 4.31 Å².